The Kier molecular flexibility index (Phi) is 6.83. The summed E-state index contributed by atoms with van der Waals surface area (Å²) >= 11 is 5.95. The third-order valence-electron chi connectivity index (χ3n) is 4.51. The maximum Gasteiger partial charge on any atom is 0.436 e. The van der Waals surface area contributed by atoms with Crippen LogP contribution in [-0.2, 0) is 22.0 Å². The highest BCUT2D eigenvalue weighted by Gasteiger charge is 2.40. The monoisotopic (exact) mass is 459 g/mol. The van der Waals surface area contributed by atoms with Gasteiger partial charge in [0.05, 0.1) is 30.7 Å². The van der Waals surface area contributed by atoms with Gasteiger partial charge in [-0.2, -0.15) is 18.0 Å². The van der Waals surface area contributed by atoms with Gasteiger partial charge in [0.1, 0.15) is 5.75 Å². The highest BCUT2D eigenvalue weighted by atomic mass is 35.5. The lowest BCUT2D eigenvalue weighted by atomic mass is 10.1. The average Bonchev–Trinajstić information content (AvgIpc) is 3.13. The molecule has 1 aliphatic heterocycles. The summed E-state index contributed by atoms with van der Waals surface area (Å²) < 4.78 is 37.4. The molecule has 164 valence electrons. The smallest absolute Gasteiger partial charge is 0.436 e. The van der Waals surface area contributed by atoms with Crippen LogP contribution in [0.4, 0.5) is 16.2 Å². The number of hydrogen-bond acceptors (Lipinski definition) is 7. The quantitative estimate of drug-likeness (QED) is 0.614. The van der Waals surface area contributed by atoms with E-state index in [9.17, 15) is 18.4 Å². The number of anilines is 2. The lowest BCUT2D eigenvalue weighted by Crippen LogP contribution is -3.14. The minimum absolute atomic E-state index is 0.131. The molecule has 3 rings (SSSR count). The molecule has 0 saturated carbocycles. The van der Waals surface area contributed by atoms with E-state index in [1.165, 1.54) is 42.4 Å². The highest BCUT2D eigenvalue weighted by molar-refractivity contribution is 7.86. The molecule has 1 aromatic heterocycles. The summed E-state index contributed by atoms with van der Waals surface area (Å²) in [7, 11) is -1.64. The predicted octanol–water partition coefficient (Wildman–Crippen LogP) is 0.927. The zero-order valence-electron chi connectivity index (χ0n) is 16.4. The van der Waals surface area contributed by atoms with E-state index in [-0.39, 0.29) is 16.4 Å². The van der Waals surface area contributed by atoms with Gasteiger partial charge in [-0.25, -0.2) is 9.10 Å². The molecule has 11 nitrogen and oxygen atoms in total. The average molecular weight is 460 g/mol. The molecular weight excluding hydrogens is 438 g/mol. The van der Waals surface area contributed by atoms with Crippen molar-refractivity contribution in [2.24, 2.45) is 7.05 Å². The number of methoxy groups -OCH3 is 1. The number of hydroxylamine groups is 1. The van der Waals surface area contributed by atoms with E-state index < -0.39 is 26.8 Å². The summed E-state index contributed by atoms with van der Waals surface area (Å²) in [6.45, 7) is 0.694. The number of rotatable bonds is 6. The van der Waals surface area contributed by atoms with Crippen molar-refractivity contribution in [3.8, 4) is 5.75 Å². The number of aryl methyl sites for hydroxylation is 1. The molecule has 1 atom stereocenters. The number of benzene rings is 1. The molecule has 2 aromatic rings. The maximum absolute atomic E-state index is 13.1. The Hall–Kier alpha value is -2.38. The van der Waals surface area contributed by atoms with Crippen molar-refractivity contribution in [1.82, 2.24) is 9.78 Å². The van der Waals surface area contributed by atoms with Crippen molar-refractivity contribution in [2.75, 3.05) is 29.9 Å². The fourth-order valence-corrected chi connectivity index (χ4v) is 4.79. The predicted molar refractivity (Wildman–Crippen MR) is 110 cm³/mol. The highest BCUT2D eigenvalue weighted by Crippen LogP contribution is 2.25. The Morgan fingerprint density at radius 3 is 2.70 bits per heavy atom. The second-order valence-corrected chi connectivity index (χ2v) is 8.79. The van der Waals surface area contributed by atoms with Gasteiger partial charge in [-0.05, 0) is 25.0 Å². The van der Waals surface area contributed by atoms with Gasteiger partial charge in [0.25, 0.3) is 0 Å². The molecule has 1 unspecified atom stereocenters. The number of quaternary nitrogens is 1. The Bertz CT molecular complexity index is 1010. The fourth-order valence-electron chi connectivity index (χ4n) is 3.13. The van der Waals surface area contributed by atoms with Crippen LogP contribution in [0, 0.1) is 5.21 Å². The molecule has 2 N–H and O–H groups in total. The molecule has 2 amide bonds. The van der Waals surface area contributed by atoms with Crippen LogP contribution in [0.5, 0.6) is 5.75 Å². The molecule has 13 heteroatoms. The van der Waals surface area contributed by atoms with E-state index in [4.69, 9.17) is 21.1 Å². The van der Waals surface area contributed by atoms with Crippen molar-refractivity contribution in [3.05, 3.63) is 40.8 Å². The van der Waals surface area contributed by atoms with Crippen molar-refractivity contribution >= 4 is 39.2 Å². The molecular formula is C17H22ClN5O6S. The number of nitrogens with one attached hydrogen (secondary N) is 2. The lowest BCUT2D eigenvalue weighted by Gasteiger charge is -2.35. The van der Waals surface area contributed by atoms with Crippen LogP contribution in [0.25, 0.3) is 0 Å². The SMILES string of the molecule is COc1cc(Cl)cc(NC(=O)[NH+]([O-])S(=O)(=O)N(c2cnn(C)c2)C2CCOCC2)c1. The van der Waals surface area contributed by atoms with E-state index in [1.54, 1.807) is 7.05 Å². The normalized spacial score (nSPS) is 16.1. The van der Waals surface area contributed by atoms with E-state index >= 15 is 0 Å². The van der Waals surface area contributed by atoms with Crippen molar-refractivity contribution in [1.29, 1.82) is 0 Å². The summed E-state index contributed by atoms with van der Waals surface area (Å²) in [5.41, 5.74) is 0.335. The summed E-state index contributed by atoms with van der Waals surface area (Å²) in [6, 6.07) is 2.46. The first-order chi connectivity index (χ1) is 14.2. The van der Waals surface area contributed by atoms with Crippen molar-refractivity contribution in [3.63, 3.8) is 0 Å². The van der Waals surface area contributed by atoms with E-state index in [0.29, 0.717) is 31.8 Å². The molecule has 1 saturated heterocycles. The van der Waals surface area contributed by atoms with Gasteiger partial charge in [0.15, 0.2) is 0 Å². The minimum Gasteiger partial charge on any atom is -0.608 e. The van der Waals surface area contributed by atoms with Crippen LogP contribution >= 0.6 is 11.6 Å². The number of carbonyl (C=O) groups is 1. The van der Waals surface area contributed by atoms with Crippen LogP contribution in [0.15, 0.2) is 30.6 Å². The maximum atomic E-state index is 13.1. The largest absolute Gasteiger partial charge is 0.608 e. The van der Waals surface area contributed by atoms with Crippen LogP contribution in [0.2, 0.25) is 5.02 Å². The molecule has 1 aromatic carbocycles. The number of carbonyl (C=O) groups excluding carboxylic acids is 1. The minimum atomic E-state index is -4.68. The number of halogens is 1. The number of nitrogens with zero attached hydrogens (tertiary/aromatic N) is 3. The second-order valence-electron chi connectivity index (χ2n) is 6.64. The first-order valence-corrected chi connectivity index (χ1v) is 10.8. The Morgan fingerprint density at radius 1 is 1.40 bits per heavy atom. The molecule has 2 heterocycles. The zero-order valence-corrected chi connectivity index (χ0v) is 17.9. The molecule has 0 radical (unpaired) electrons. The second kappa shape index (κ2) is 9.18. The van der Waals surface area contributed by atoms with Crippen LogP contribution in [-0.4, -0.2) is 50.6 Å². The van der Waals surface area contributed by atoms with Crippen molar-refractivity contribution < 1.29 is 27.2 Å². The standard InChI is InChI=1S/C17H22ClN5O6S/c1-21-11-15(10-19-21)22(14-3-5-29-6-4-14)30(26,27)23(25)17(24)20-13-7-12(18)8-16(9-13)28-2/h7-11,14,23H,3-6H2,1-2H3,(H,20,24). The number of hydrogen-bond donors (Lipinski definition) is 2. The third-order valence-corrected chi connectivity index (χ3v) is 6.41. The summed E-state index contributed by atoms with van der Waals surface area (Å²) in [6.07, 6.45) is 3.57. The van der Waals surface area contributed by atoms with Crippen LogP contribution in [0.3, 0.4) is 0 Å². The Balaban J connectivity index is 1.88. The topological polar surface area (TPSA) is 130 Å². The number of amides is 2. The molecule has 0 aliphatic carbocycles. The summed E-state index contributed by atoms with van der Waals surface area (Å²) in [4.78, 5) is 12.5. The summed E-state index contributed by atoms with van der Waals surface area (Å²) in [5, 5.41) is 19.2. The van der Waals surface area contributed by atoms with Gasteiger partial charge in [-0.3, -0.25) is 10.00 Å². The molecule has 1 aliphatic rings. The third kappa shape index (κ3) is 4.84. The van der Waals surface area contributed by atoms with Gasteiger partial charge in [-0.15, -0.1) is 0 Å². The van der Waals surface area contributed by atoms with Gasteiger partial charge in [0.2, 0.25) is 0 Å². The van der Waals surface area contributed by atoms with E-state index in [2.05, 4.69) is 10.4 Å². The van der Waals surface area contributed by atoms with Gasteiger partial charge < -0.3 is 14.7 Å². The van der Waals surface area contributed by atoms with Gasteiger partial charge >= 0.3 is 16.2 Å². The number of aromatic nitrogens is 2. The summed E-state index contributed by atoms with van der Waals surface area (Å²) in [5.74, 6) is 0.340. The zero-order chi connectivity index (χ0) is 21.9. The molecule has 0 spiro atoms. The van der Waals surface area contributed by atoms with Gasteiger partial charge in [0, 0.05) is 37.5 Å². The number of ether oxygens (including phenoxy) is 2. The Morgan fingerprint density at radius 2 is 2.10 bits per heavy atom. The Labute approximate surface area is 178 Å². The first kappa shape index (κ1) is 22.3. The molecule has 0 bridgehead atoms. The van der Waals surface area contributed by atoms with Crippen LogP contribution in [0.1, 0.15) is 12.8 Å². The van der Waals surface area contributed by atoms with Gasteiger partial charge in [-0.1, -0.05) is 11.6 Å². The number of urea groups is 1. The fraction of sp³-hybridized carbons (Fsp3) is 0.412. The van der Waals surface area contributed by atoms with E-state index in [1.807, 2.05) is 0 Å². The van der Waals surface area contributed by atoms with E-state index in [0.717, 1.165) is 4.31 Å². The molecule has 1 fully saturated rings. The lowest BCUT2D eigenvalue weighted by molar-refractivity contribution is -0.604. The van der Waals surface area contributed by atoms with Crippen LogP contribution < -0.4 is 18.8 Å². The molecule has 30 heavy (non-hydrogen) atoms. The first-order valence-electron chi connectivity index (χ1n) is 9.03. The van der Waals surface area contributed by atoms with Crippen molar-refractivity contribution in [2.45, 2.75) is 18.9 Å².